The highest BCUT2D eigenvalue weighted by atomic mass is 35.5. The minimum Gasteiger partial charge on any atom is -0.326 e. The third kappa shape index (κ3) is 4.38. The monoisotopic (exact) mass is 562 g/mol. The van der Waals surface area contributed by atoms with Gasteiger partial charge in [0.2, 0.25) is 17.7 Å². The SMILES string of the molecule is CC1(C)CC[C@@H](c2ccc(Cl)c(Cl)c2)N(CC(=O)Nc2ccc3c(c2)C[C@@]2(C3)C(=O)Nc3ncccc32)C1=O. The molecule has 39 heavy (non-hydrogen) atoms. The molecular formula is C30H28Cl2N4O3. The second-order valence-corrected chi connectivity index (χ2v) is 12.2. The number of hydrogen-bond donors (Lipinski definition) is 2. The molecule has 1 aromatic heterocycles. The maximum atomic E-state index is 13.4. The van der Waals surface area contributed by atoms with E-state index in [1.807, 2.05) is 50.2 Å². The Labute approximate surface area is 236 Å². The van der Waals surface area contributed by atoms with Gasteiger partial charge in [0.1, 0.15) is 12.4 Å². The number of halogens is 2. The molecule has 0 bridgehead atoms. The average Bonchev–Trinajstić information content (AvgIpc) is 3.41. The Balaban J connectivity index is 1.21. The van der Waals surface area contributed by atoms with E-state index >= 15 is 0 Å². The molecule has 1 fully saturated rings. The Bertz CT molecular complexity index is 1540. The summed E-state index contributed by atoms with van der Waals surface area (Å²) in [6.45, 7) is 3.73. The van der Waals surface area contributed by atoms with E-state index in [1.54, 1.807) is 23.2 Å². The molecule has 3 aromatic rings. The number of hydrogen-bond acceptors (Lipinski definition) is 4. The molecule has 1 saturated heterocycles. The predicted octanol–water partition coefficient (Wildman–Crippen LogP) is 5.71. The van der Waals surface area contributed by atoms with Crippen molar-refractivity contribution >= 4 is 52.4 Å². The quantitative estimate of drug-likeness (QED) is 0.426. The molecule has 2 aromatic carbocycles. The van der Waals surface area contributed by atoms with Gasteiger partial charge in [-0.15, -0.1) is 0 Å². The number of anilines is 2. The Morgan fingerprint density at radius 1 is 1.08 bits per heavy atom. The molecule has 0 saturated carbocycles. The number of rotatable bonds is 4. The van der Waals surface area contributed by atoms with Crippen molar-refractivity contribution in [3.05, 3.63) is 87.0 Å². The molecule has 3 amide bonds. The summed E-state index contributed by atoms with van der Waals surface area (Å²) in [5.74, 6) is 0.217. The second-order valence-electron chi connectivity index (χ2n) is 11.4. The third-order valence-electron chi connectivity index (χ3n) is 8.37. The van der Waals surface area contributed by atoms with Crippen LogP contribution in [-0.4, -0.2) is 34.2 Å². The van der Waals surface area contributed by atoms with Gasteiger partial charge in [-0.05, 0) is 72.7 Å². The minimum atomic E-state index is -0.673. The van der Waals surface area contributed by atoms with E-state index in [0.29, 0.717) is 47.2 Å². The van der Waals surface area contributed by atoms with Crippen molar-refractivity contribution in [2.75, 3.05) is 17.2 Å². The number of carbonyl (C=O) groups excluding carboxylic acids is 3. The van der Waals surface area contributed by atoms with Crippen LogP contribution in [0.5, 0.6) is 0 Å². The maximum Gasteiger partial charge on any atom is 0.244 e. The number of piperidine rings is 1. The Hall–Kier alpha value is -3.42. The van der Waals surface area contributed by atoms with Crippen LogP contribution in [-0.2, 0) is 32.6 Å². The van der Waals surface area contributed by atoms with Gasteiger partial charge in [-0.2, -0.15) is 0 Å². The Morgan fingerprint density at radius 2 is 1.87 bits per heavy atom. The van der Waals surface area contributed by atoms with Crippen LogP contribution >= 0.6 is 23.2 Å². The van der Waals surface area contributed by atoms with Gasteiger partial charge in [0.25, 0.3) is 0 Å². The van der Waals surface area contributed by atoms with Crippen molar-refractivity contribution in [2.45, 2.75) is 51.0 Å². The summed E-state index contributed by atoms with van der Waals surface area (Å²) in [7, 11) is 0. The van der Waals surface area contributed by atoms with Crippen LogP contribution in [0.15, 0.2) is 54.7 Å². The molecule has 6 rings (SSSR count). The molecule has 2 aliphatic heterocycles. The first-order valence-electron chi connectivity index (χ1n) is 13.0. The van der Waals surface area contributed by atoms with Crippen LogP contribution in [0.2, 0.25) is 10.0 Å². The topological polar surface area (TPSA) is 91.4 Å². The van der Waals surface area contributed by atoms with Crippen molar-refractivity contribution in [2.24, 2.45) is 5.41 Å². The van der Waals surface area contributed by atoms with E-state index in [-0.39, 0.29) is 30.3 Å². The molecule has 3 heterocycles. The smallest absolute Gasteiger partial charge is 0.244 e. The van der Waals surface area contributed by atoms with Crippen LogP contribution in [0.25, 0.3) is 0 Å². The predicted molar refractivity (Wildman–Crippen MR) is 151 cm³/mol. The number of fused-ring (bicyclic) bond motifs is 3. The van der Waals surface area contributed by atoms with Gasteiger partial charge in [0.15, 0.2) is 0 Å². The fourth-order valence-electron chi connectivity index (χ4n) is 6.24. The largest absolute Gasteiger partial charge is 0.326 e. The fraction of sp³-hybridized carbons (Fsp3) is 0.333. The highest BCUT2D eigenvalue weighted by Gasteiger charge is 2.51. The van der Waals surface area contributed by atoms with E-state index in [0.717, 1.165) is 22.3 Å². The maximum absolute atomic E-state index is 13.4. The van der Waals surface area contributed by atoms with Crippen LogP contribution in [0.1, 0.15) is 55.0 Å². The molecular weight excluding hydrogens is 535 g/mol. The zero-order valence-corrected chi connectivity index (χ0v) is 23.2. The molecule has 1 spiro atoms. The van der Waals surface area contributed by atoms with Crippen molar-refractivity contribution in [3.63, 3.8) is 0 Å². The summed E-state index contributed by atoms with van der Waals surface area (Å²) >= 11 is 12.4. The van der Waals surface area contributed by atoms with Crippen molar-refractivity contribution < 1.29 is 14.4 Å². The molecule has 200 valence electrons. The first-order valence-corrected chi connectivity index (χ1v) is 13.8. The summed E-state index contributed by atoms with van der Waals surface area (Å²) < 4.78 is 0. The highest BCUT2D eigenvalue weighted by Crippen LogP contribution is 2.47. The third-order valence-corrected chi connectivity index (χ3v) is 9.10. The van der Waals surface area contributed by atoms with Gasteiger partial charge in [0, 0.05) is 22.9 Å². The lowest BCUT2D eigenvalue weighted by atomic mass is 9.78. The van der Waals surface area contributed by atoms with E-state index in [2.05, 4.69) is 15.6 Å². The number of likely N-dealkylation sites (tertiary alicyclic amines) is 1. The van der Waals surface area contributed by atoms with E-state index in [9.17, 15) is 14.4 Å². The van der Waals surface area contributed by atoms with E-state index in [4.69, 9.17) is 23.2 Å². The Morgan fingerprint density at radius 3 is 2.67 bits per heavy atom. The number of aromatic nitrogens is 1. The number of benzene rings is 2. The normalized spacial score (nSPS) is 23.0. The molecule has 2 atom stereocenters. The van der Waals surface area contributed by atoms with Gasteiger partial charge >= 0.3 is 0 Å². The number of carbonyl (C=O) groups is 3. The zero-order valence-electron chi connectivity index (χ0n) is 21.7. The standard InChI is InChI=1S/C30H28Cl2N4O3/c1-29(2)10-9-24(17-6-8-22(31)23(32)13-17)36(28(29)39)16-25(37)34-20-7-5-18-14-30(15-19(18)12-20)21-4-3-11-33-26(21)35-27(30)38/h3-8,11-13,24H,9-10,14-16H2,1-2H3,(H,34,37)(H,33,35,38)/t24-,30+/m0/s1. The van der Waals surface area contributed by atoms with Gasteiger partial charge in [-0.3, -0.25) is 14.4 Å². The van der Waals surface area contributed by atoms with Gasteiger partial charge in [-0.25, -0.2) is 4.98 Å². The molecule has 0 radical (unpaired) electrons. The fourth-order valence-corrected chi connectivity index (χ4v) is 6.55. The molecule has 2 N–H and O–H groups in total. The van der Waals surface area contributed by atoms with E-state index < -0.39 is 10.8 Å². The molecule has 3 aliphatic rings. The summed E-state index contributed by atoms with van der Waals surface area (Å²) in [6.07, 6.45) is 4.21. The van der Waals surface area contributed by atoms with Crippen molar-refractivity contribution in [1.82, 2.24) is 9.88 Å². The minimum absolute atomic E-state index is 0.0439. The van der Waals surface area contributed by atoms with Crippen molar-refractivity contribution in [3.8, 4) is 0 Å². The Kier molecular flexibility index (Phi) is 6.19. The van der Waals surface area contributed by atoms with Crippen LogP contribution in [0.4, 0.5) is 11.5 Å². The number of nitrogens with zero attached hydrogens (tertiary/aromatic N) is 2. The number of pyridine rings is 1. The molecule has 0 unspecified atom stereocenters. The lowest BCUT2D eigenvalue weighted by Crippen LogP contribution is -2.50. The van der Waals surface area contributed by atoms with Crippen molar-refractivity contribution in [1.29, 1.82) is 0 Å². The van der Waals surface area contributed by atoms with Crippen LogP contribution in [0.3, 0.4) is 0 Å². The van der Waals surface area contributed by atoms with E-state index in [1.165, 1.54) is 0 Å². The van der Waals surface area contributed by atoms with Gasteiger partial charge in [0.05, 0.1) is 21.5 Å². The number of nitrogens with one attached hydrogen (secondary N) is 2. The zero-order chi connectivity index (χ0) is 27.5. The highest BCUT2D eigenvalue weighted by molar-refractivity contribution is 6.42. The summed E-state index contributed by atoms with van der Waals surface area (Å²) in [6, 6.07) is 14.6. The summed E-state index contributed by atoms with van der Waals surface area (Å²) in [5.41, 5.74) is 3.26. The summed E-state index contributed by atoms with van der Waals surface area (Å²) in [5, 5.41) is 6.76. The average molecular weight is 563 g/mol. The van der Waals surface area contributed by atoms with Crippen LogP contribution < -0.4 is 10.6 Å². The number of amides is 3. The van der Waals surface area contributed by atoms with Gasteiger partial charge in [-0.1, -0.05) is 55.2 Å². The lowest BCUT2D eigenvalue weighted by molar-refractivity contribution is -0.150. The second kappa shape index (κ2) is 9.35. The van der Waals surface area contributed by atoms with Gasteiger partial charge < -0.3 is 15.5 Å². The molecule has 1 aliphatic carbocycles. The summed E-state index contributed by atoms with van der Waals surface area (Å²) in [4.78, 5) is 45.7. The molecule has 9 heteroatoms. The molecule has 7 nitrogen and oxygen atoms in total. The first-order chi connectivity index (χ1) is 18.6. The van der Waals surface area contributed by atoms with Crippen LogP contribution in [0, 0.1) is 5.41 Å². The first kappa shape index (κ1) is 25.8. The lowest BCUT2D eigenvalue weighted by Gasteiger charge is -2.43.